The minimum atomic E-state index is -2.50. The zero-order chi connectivity index (χ0) is 20.1. The Morgan fingerprint density at radius 2 is 0.967 bits per heavy atom. The maximum absolute atomic E-state index is 6.70. The van der Waals surface area contributed by atoms with E-state index in [1.165, 1.54) is 10.8 Å². The maximum atomic E-state index is 6.70. The van der Waals surface area contributed by atoms with E-state index in [1.54, 1.807) is 0 Å². The van der Waals surface area contributed by atoms with Crippen molar-refractivity contribution in [1.29, 1.82) is 0 Å². The van der Waals surface area contributed by atoms with E-state index >= 15 is 0 Å². The van der Waals surface area contributed by atoms with E-state index in [1.807, 2.05) is 18.2 Å². The van der Waals surface area contributed by atoms with Gasteiger partial charge in [0, 0.05) is 0 Å². The van der Waals surface area contributed by atoms with Crippen molar-refractivity contribution < 1.29 is 9.05 Å². The second kappa shape index (κ2) is 6.86. The van der Waals surface area contributed by atoms with Gasteiger partial charge < -0.3 is 0 Å². The zero-order valence-corrected chi connectivity index (χ0v) is 18.6. The van der Waals surface area contributed by atoms with Crippen LogP contribution in [0.15, 0.2) is 103 Å². The Hall–Kier alpha value is -2.83. The summed E-state index contributed by atoms with van der Waals surface area (Å²) in [6.45, 7) is 0. The third-order valence-electron chi connectivity index (χ3n) is 5.54. The van der Waals surface area contributed by atoms with Crippen molar-refractivity contribution in [3.05, 3.63) is 103 Å². The predicted octanol–water partition coefficient (Wildman–Crippen LogP) is 6.69. The van der Waals surface area contributed by atoms with Crippen LogP contribution in [0.4, 0.5) is 0 Å². The van der Waals surface area contributed by atoms with Crippen LogP contribution in [0.1, 0.15) is 0 Å². The van der Waals surface area contributed by atoms with E-state index in [4.69, 9.17) is 9.05 Å². The summed E-state index contributed by atoms with van der Waals surface area (Å²) in [5.74, 6) is -0.811. The summed E-state index contributed by atoms with van der Waals surface area (Å²) in [5.41, 5.74) is 2.18. The molecule has 0 amide bonds. The molecule has 30 heavy (non-hydrogen) atoms. The Balaban J connectivity index is 1.76. The fourth-order valence-electron chi connectivity index (χ4n) is 4.16. The summed E-state index contributed by atoms with van der Waals surface area (Å²) in [5, 5.41) is 5.73. The van der Waals surface area contributed by atoms with Gasteiger partial charge in [-0.05, 0) is 0 Å². The molecule has 1 aliphatic heterocycles. The molecule has 0 unspecified atom stereocenters. The van der Waals surface area contributed by atoms with Crippen LogP contribution in [-0.4, -0.2) is 15.1 Å². The van der Waals surface area contributed by atoms with Gasteiger partial charge in [0.2, 0.25) is 0 Å². The summed E-state index contributed by atoms with van der Waals surface area (Å²) in [7, 11) is 0. The summed E-state index contributed by atoms with van der Waals surface area (Å²) in [6, 6.07) is 35.5. The molecule has 6 rings (SSSR count). The fraction of sp³-hybridized carbons (Fsp3) is 0. The summed E-state index contributed by atoms with van der Waals surface area (Å²) in [4.78, 5) is 0. The Kier molecular flexibility index (Phi) is 4.11. The molecule has 0 saturated carbocycles. The summed E-state index contributed by atoms with van der Waals surface area (Å²) < 4.78 is 13.4. The van der Waals surface area contributed by atoms with Crippen LogP contribution in [0, 0.1) is 0 Å². The molecule has 0 atom stereocenters. The van der Waals surface area contributed by atoms with Crippen molar-refractivity contribution in [3.63, 3.8) is 0 Å². The predicted molar refractivity (Wildman–Crippen MR) is 127 cm³/mol. The molecule has 0 radical (unpaired) electrons. The van der Waals surface area contributed by atoms with Crippen LogP contribution in [0.5, 0.6) is 11.5 Å². The Labute approximate surface area is 182 Å². The van der Waals surface area contributed by atoms with E-state index in [-0.39, 0.29) is 0 Å². The average Bonchev–Trinajstić information content (AvgIpc) is 2.94. The van der Waals surface area contributed by atoms with Crippen LogP contribution in [0.3, 0.4) is 0 Å². The molecule has 5 aromatic rings. The van der Waals surface area contributed by atoms with Crippen LogP contribution in [0.25, 0.3) is 32.7 Å². The zero-order valence-electron chi connectivity index (χ0n) is 16.0. The second-order valence-electron chi connectivity index (χ2n) is 7.34. The number of benzene rings is 5. The van der Waals surface area contributed by atoms with Crippen molar-refractivity contribution in [2.24, 2.45) is 0 Å². The monoisotopic (exact) mass is 472 g/mol. The first-order valence-corrected chi connectivity index (χ1v) is 13.7. The molecular weight excluding hydrogens is 454 g/mol. The molecule has 1 aliphatic rings. The van der Waals surface area contributed by atoms with Crippen molar-refractivity contribution in [3.8, 4) is 22.6 Å². The van der Waals surface area contributed by atoms with Crippen LogP contribution in [-0.2, 0) is 0 Å². The standard InChI is InChI=1S/C26H17O2PSe/c30-29(20-10-2-1-3-11-20)27-23-16-14-18-8-4-6-12-21(18)25(23)26-22-13-7-5-9-19(22)15-17-24(26)28-29/h1-17H. The van der Waals surface area contributed by atoms with Crippen molar-refractivity contribution in [2.45, 2.75) is 0 Å². The average molecular weight is 471 g/mol. The van der Waals surface area contributed by atoms with Crippen LogP contribution in [0.2, 0.25) is 0 Å². The number of hydrogen-bond acceptors (Lipinski definition) is 2. The molecule has 0 spiro atoms. The molecule has 0 aromatic heterocycles. The molecule has 0 bridgehead atoms. The van der Waals surface area contributed by atoms with Gasteiger partial charge in [-0.3, -0.25) is 0 Å². The number of rotatable bonds is 1. The summed E-state index contributed by atoms with van der Waals surface area (Å²) >= 11 is 3.29. The van der Waals surface area contributed by atoms with E-state index < -0.39 is 5.96 Å². The second-order valence-corrected chi connectivity index (χ2v) is 12.2. The first kappa shape index (κ1) is 18.0. The van der Waals surface area contributed by atoms with E-state index in [0.717, 1.165) is 38.7 Å². The molecule has 5 aromatic carbocycles. The van der Waals surface area contributed by atoms with Gasteiger partial charge in [0.1, 0.15) is 0 Å². The fourth-order valence-corrected chi connectivity index (χ4v) is 7.55. The van der Waals surface area contributed by atoms with Crippen molar-refractivity contribution in [1.82, 2.24) is 0 Å². The Morgan fingerprint density at radius 3 is 1.50 bits per heavy atom. The van der Waals surface area contributed by atoms with Crippen LogP contribution >= 0.6 is 5.96 Å². The normalized spacial score (nSPS) is 14.3. The third-order valence-corrected chi connectivity index (χ3v) is 9.61. The number of fused-ring (bicyclic) bond motifs is 7. The van der Waals surface area contributed by atoms with Gasteiger partial charge in [-0.15, -0.1) is 0 Å². The molecule has 4 heteroatoms. The SMILES string of the molecule is [Se]=P1(c2ccccc2)Oc2ccc3ccccc3c2-c2c(ccc3ccccc23)O1. The topological polar surface area (TPSA) is 18.5 Å². The van der Waals surface area contributed by atoms with Gasteiger partial charge in [0.25, 0.3) is 0 Å². The van der Waals surface area contributed by atoms with E-state index in [9.17, 15) is 0 Å². The molecule has 1 heterocycles. The van der Waals surface area contributed by atoms with Gasteiger partial charge in [-0.2, -0.15) is 0 Å². The van der Waals surface area contributed by atoms with Crippen molar-refractivity contribution >= 4 is 47.9 Å². The molecule has 0 fully saturated rings. The summed E-state index contributed by atoms with van der Waals surface area (Å²) in [6.07, 6.45) is 0. The quantitative estimate of drug-likeness (QED) is 0.200. The van der Waals surface area contributed by atoms with Gasteiger partial charge in [0.15, 0.2) is 0 Å². The van der Waals surface area contributed by atoms with Crippen molar-refractivity contribution in [2.75, 3.05) is 0 Å². The Morgan fingerprint density at radius 1 is 0.500 bits per heavy atom. The molecule has 0 N–H and O–H groups in total. The van der Waals surface area contributed by atoms with Gasteiger partial charge in [0.05, 0.1) is 0 Å². The van der Waals surface area contributed by atoms with Gasteiger partial charge >= 0.3 is 183 Å². The first-order chi connectivity index (χ1) is 14.7. The van der Waals surface area contributed by atoms with E-state index in [2.05, 4.69) is 100 Å². The van der Waals surface area contributed by atoms with Crippen LogP contribution < -0.4 is 14.4 Å². The Bertz CT molecular complexity index is 1390. The van der Waals surface area contributed by atoms with Gasteiger partial charge in [-0.1, -0.05) is 0 Å². The number of hydrogen-bond donors (Lipinski definition) is 0. The molecule has 0 saturated heterocycles. The molecular formula is C26H17O2PSe. The first-order valence-electron chi connectivity index (χ1n) is 9.82. The minimum absolute atomic E-state index is 0.847. The third kappa shape index (κ3) is 2.75. The van der Waals surface area contributed by atoms with E-state index in [0.29, 0.717) is 0 Å². The van der Waals surface area contributed by atoms with Gasteiger partial charge in [-0.25, -0.2) is 0 Å². The molecule has 2 nitrogen and oxygen atoms in total. The molecule has 0 aliphatic carbocycles. The molecule has 144 valence electrons.